The number of rotatable bonds is 5. The summed E-state index contributed by atoms with van der Waals surface area (Å²) in [5, 5.41) is 10.7. The molecule has 0 spiro atoms. The molecular formula is C52H32N4. The smallest absolute Gasteiger partial charge is 0.165 e. The zero-order chi connectivity index (χ0) is 37.0. The van der Waals surface area contributed by atoms with E-state index in [1.54, 1.807) is 0 Å². The van der Waals surface area contributed by atoms with Crippen LogP contribution in [0.25, 0.3) is 110 Å². The van der Waals surface area contributed by atoms with Crippen LogP contribution >= 0.6 is 0 Å². The fraction of sp³-hybridized carbons (Fsp3) is 0. The van der Waals surface area contributed by atoms with Crippen LogP contribution < -0.4 is 0 Å². The molecule has 11 aromatic rings. The summed E-state index contributed by atoms with van der Waals surface area (Å²) in [6.45, 7) is 0. The van der Waals surface area contributed by atoms with Crippen molar-refractivity contribution in [2.24, 2.45) is 0 Å². The molecule has 0 fully saturated rings. The van der Waals surface area contributed by atoms with Crippen LogP contribution in [-0.2, 0) is 0 Å². The Morgan fingerprint density at radius 2 is 0.696 bits per heavy atom. The standard InChI is InChI=1S/C52H32N4/c1-2-14-33(15-3-1)50-54-51(56-52(55-50)40-26-36-18-6-13-25-49(36)53-32-40)39-28-37(47-30-34-16-4-7-19-41(34)43-21-9-11-23-45(43)47)27-38(29-39)48-31-35-17-5-8-20-42(35)44-22-10-12-24-46(44)48/h1-32H. The molecule has 4 heteroatoms. The summed E-state index contributed by atoms with van der Waals surface area (Å²) in [6, 6.07) is 66.6. The van der Waals surface area contributed by atoms with Gasteiger partial charge in [0.05, 0.1) is 5.52 Å². The molecule has 0 N–H and O–H groups in total. The highest BCUT2D eigenvalue weighted by Crippen LogP contribution is 2.41. The van der Waals surface area contributed by atoms with E-state index in [0.717, 1.165) is 49.8 Å². The van der Waals surface area contributed by atoms with E-state index in [4.69, 9.17) is 19.9 Å². The van der Waals surface area contributed by atoms with Crippen molar-refractivity contribution in [3.05, 3.63) is 194 Å². The summed E-state index contributed by atoms with van der Waals surface area (Å²) in [5.74, 6) is 1.78. The molecule has 0 aliphatic carbocycles. The van der Waals surface area contributed by atoms with Crippen molar-refractivity contribution >= 4 is 54.0 Å². The van der Waals surface area contributed by atoms with Gasteiger partial charge in [-0.1, -0.05) is 146 Å². The molecule has 0 aliphatic rings. The molecule has 0 saturated carbocycles. The quantitative estimate of drug-likeness (QED) is 0.167. The zero-order valence-electron chi connectivity index (χ0n) is 30.3. The predicted molar refractivity (Wildman–Crippen MR) is 232 cm³/mol. The van der Waals surface area contributed by atoms with Crippen molar-refractivity contribution < 1.29 is 0 Å². The van der Waals surface area contributed by atoms with E-state index in [2.05, 4.69) is 140 Å². The number of nitrogens with zero attached hydrogens (tertiary/aromatic N) is 4. The van der Waals surface area contributed by atoms with Crippen LogP contribution in [0.15, 0.2) is 194 Å². The average Bonchev–Trinajstić information content (AvgIpc) is 3.28. The van der Waals surface area contributed by atoms with E-state index in [1.165, 1.54) is 43.1 Å². The topological polar surface area (TPSA) is 51.6 Å². The number of pyridine rings is 1. The summed E-state index contributed by atoms with van der Waals surface area (Å²) < 4.78 is 0. The number of aromatic nitrogens is 4. The van der Waals surface area contributed by atoms with E-state index in [0.29, 0.717) is 17.5 Å². The monoisotopic (exact) mass is 712 g/mol. The number of para-hydroxylation sites is 1. The normalized spacial score (nSPS) is 11.6. The van der Waals surface area contributed by atoms with E-state index >= 15 is 0 Å². The molecular weight excluding hydrogens is 681 g/mol. The first-order chi connectivity index (χ1) is 27.7. The van der Waals surface area contributed by atoms with Crippen LogP contribution in [0.5, 0.6) is 0 Å². The first-order valence-electron chi connectivity index (χ1n) is 18.9. The summed E-state index contributed by atoms with van der Waals surface area (Å²) in [6.07, 6.45) is 1.86. The van der Waals surface area contributed by atoms with Gasteiger partial charge >= 0.3 is 0 Å². The Kier molecular flexibility index (Phi) is 7.46. The minimum absolute atomic E-state index is 0.575. The predicted octanol–water partition coefficient (Wildman–Crippen LogP) is 13.4. The minimum atomic E-state index is 0.575. The Balaban J connectivity index is 1.22. The molecule has 0 radical (unpaired) electrons. The van der Waals surface area contributed by atoms with Gasteiger partial charge in [-0.3, -0.25) is 4.98 Å². The highest BCUT2D eigenvalue weighted by Gasteiger charge is 2.18. The first kappa shape index (κ1) is 31.9. The zero-order valence-corrected chi connectivity index (χ0v) is 30.3. The van der Waals surface area contributed by atoms with E-state index in [-0.39, 0.29) is 0 Å². The Hall–Kier alpha value is -7.56. The first-order valence-corrected chi connectivity index (χ1v) is 18.9. The van der Waals surface area contributed by atoms with Gasteiger partial charge < -0.3 is 0 Å². The summed E-state index contributed by atoms with van der Waals surface area (Å²) in [7, 11) is 0. The maximum atomic E-state index is 5.24. The largest absolute Gasteiger partial charge is 0.255 e. The van der Waals surface area contributed by atoms with Crippen molar-refractivity contribution in [2.45, 2.75) is 0 Å². The van der Waals surface area contributed by atoms with Crippen molar-refractivity contribution in [3.8, 4) is 56.4 Å². The van der Waals surface area contributed by atoms with Crippen LogP contribution in [0, 0.1) is 0 Å². The second kappa shape index (κ2) is 13.1. The van der Waals surface area contributed by atoms with Gasteiger partial charge in [-0.05, 0) is 108 Å². The minimum Gasteiger partial charge on any atom is -0.255 e. The molecule has 11 rings (SSSR count). The number of hydrogen-bond acceptors (Lipinski definition) is 4. The number of benzene rings is 9. The molecule has 260 valence electrons. The van der Waals surface area contributed by atoms with Crippen molar-refractivity contribution in [1.82, 2.24) is 19.9 Å². The van der Waals surface area contributed by atoms with Gasteiger partial charge in [-0.25, -0.2) is 15.0 Å². The lowest BCUT2D eigenvalue weighted by atomic mass is 9.88. The van der Waals surface area contributed by atoms with Crippen molar-refractivity contribution in [3.63, 3.8) is 0 Å². The van der Waals surface area contributed by atoms with Gasteiger partial charge in [0.15, 0.2) is 17.5 Å². The van der Waals surface area contributed by atoms with Crippen molar-refractivity contribution in [2.75, 3.05) is 0 Å². The maximum Gasteiger partial charge on any atom is 0.165 e. The van der Waals surface area contributed by atoms with E-state index < -0.39 is 0 Å². The van der Waals surface area contributed by atoms with Gasteiger partial charge in [0.25, 0.3) is 0 Å². The fourth-order valence-corrected chi connectivity index (χ4v) is 8.20. The summed E-state index contributed by atoms with van der Waals surface area (Å²) in [4.78, 5) is 20.3. The van der Waals surface area contributed by atoms with E-state index in [1.807, 2.05) is 54.7 Å². The SMILES string of the molecule is c1ccc(-c2nc(-c3cc(-c4cc5ccccc5c5ccccc45)cc(-c4cc5ccccc5c5ccccc45)c3)nc(-c3cnc4ccccc4c3)n2)cc1. The molecule has 0 saturated heterocycles. The molecule has 0 unspecified atom stereocenters. The second-order valence-electron chi connectivity index (χ2n) is 14.3. The molecule has 0 amide bonds. The Bertz CT molecular complexity index is 3180. The van der Waals surface area contributed by atoms with Crippen LogP contribution in [0.2, 0.25) is 0 Å². The summed E-state index contributed by atoms with van der Waals surface area (Å²) >= 11 is 0. The lowest BCUT2D eigenvalue weighted by Gasteiger charge is -2.16. The van der Waals surface area contributed by atoms with Crippen LogP contribution in [0.1, 0.15) is 0 Å². The van der Waals surface area contributed by atoms with Gasteiger partial charge in [-0.15, -0.1) is 0 Å². The molecule has 0 atom stereocenters. The third kappa shape index (κ3) is 5.47. The van der Waals surface area contributed by atoms with Crippen LogP contribution in [0.4, 0.5) is 0 Å². The number of fused-ring (bicyclic) bond motifs is 7. The van der Waals surface area contributed by atoms with Gasteiger partial charge in [0, 0.05) is 28.3 Å². The molecule has 0 bridgehead atoms. The molecule has 2 heterocycles. The lowest BCUT2D eigenvalue weighted by Crippen LogP contribution is -2.01. The molecule has 9 aromatic carbocycles. The average molecular weight is 713 g/mol. The third-order valence-corrected chi connectivity index (χ3v) is 10.9. The van der Waals surface area contributed by atoms with Gasteiger partial charge in [-0.2, -0.15) is 0 Å². The summed E-state index contributed by atoms with van der Waals surface area (Å²) in [5.41, 5.74) is 8.08. The van der Waals surface area contributed by atoms with Gasteiger partial charge in [0.1, 0.15) is 0 Å². The molecule has 2 aromatic heterocycles. The highest BCUT2D eigenvalue weighted by atomic mass is 15.0. The van der Waals surface area contributed by atoms with Gasteiger partial charge in [0.2, 0.25) is 0 Å². The lowest BCUT2D eigenvalue weighted by molar-refractivity contribution is 1.07. The van der Waals surface area contributed by atoms with Crippen LogP contribution in [-0.4, -0.2) is 19.9 Å². The second-order valence-corrected chi connectivity index (χ2v) is 14.3. The maximum absolute atomic E-state index is 5.24. The van der Waals surface area contributed by atoms with Crippen LogP contribution in [0.3, 0.4) is 0 Å². The highest BCUT2D eigenvalue weighted by molar-refractivity contribution is 6.16. The molecule has 0 aliphatic heterocycles. The van der Waals surface area contributed by atoms with E-state index in [9.17, 15) is 0 Å². The Morgan fingerprint density at radius 3 is 1.29 bits per heavy atom. The Morgan fingerprint density at radius 1 is 0.268 bits per heavy atom. The Labute approximate surface area is 323 Å². The number of hydrogen-bond donors (Lipinski definition) is 0. The molecule has 56 heavy (non-hydrogen) atoms. The third-order valence-electron chi connectivity index (χ3n) is 10.9. The van der Waals surface area contributed by atoms with Crippen molar-refractivity contribution in [1.29, 1.82) is 0 Å². The molecule has 4 nitrogen and oxygen atoms in total. The fourth-order valence-electron chi connectivity index (χ4n) is 8.20.